The Bertz CT molecular complexity index is 487. The monoisotopic (exact) mass is 218 g/mol. The van der Waals surface area contributed by atoms with Crippen molar-refractivity contribution in [2.75, 3.05) is 0 Å². The van der Waals surface area contributed by atoms with Crippen LogP contribution < -0.4 is 5.73 Å². The highest BCUT2D eigenvalue weighted by molar-refractivity contribution is 5.36. The zero-order chi connectivity index (χ0) is 11.7. The largest absolute Gasteiger partial charge is 0.508 e. The third kappa shape index (κ3) is 1.90. The fraction of sp³-hybridized carbons (Fsp3) is 0.273. The number of hydrogen-bond acceptors (Lipinski definition) is 4. The molecule has 0 aliphatic heterocycles. The highest BCUT2D eigenvalue weighted by atomic mass is 16.3. The smallest absolute Gasteiger partial charge is 0.167 e. The minimum absolute atomic E-state index is 0.183. The molecule has 84 valence electrons. The van der Waals surface area contributed by atoms with Gasteiger partial charge in [0.1, 0.15) is 11.6 Å². The molecule has 0 fully saturated rings. The van der Waals surface area contributed by atoms with Crippen molar-refractivity contribution in [2.24, 2.45) is 5.73 Å². The molecule has 0 saturated heterocycles. The van der Waals surface area contributed by atoms with Crippen LogP contribution in [0.3, 0.4) is 0 Å². The van der Waals surface area contributed by atoms with Gasteiger partial charge in [0.15, 0.2) is 5.82 Å². The second kappa shape index (κ2) is 3.94. The predicted molar refractivity (Wildman–Crippen MR) is 60.4 cm³/mol. The summed E-state index contributed by atoms with van der Waals surface area (Å²) in [6.45, 7) is 3.71. The topological polar surface area (TPSA) is 77.0 Å². The zero-order valence-electron chi connectivity index (χ0n) is 9.25. The van der Waals surface area contributed by atoms with Crippen LogP contribution in [0, 0.1) is 6.92 Å². The van der Waals surface area contributed by atoms with Gasteiger partial charge in [-0.15, -0.1) is 5.10 Å². The number of aromatic hydroxyl groups is 1. The molecule has 1 aromatic heterocycles. The lowest BCUT2D eigenvalue weighted by molar-refractivity contribution is 0.475. The molecule has 0 radical (unpaired) electrons. The normalized spacial score (nSPS) is 12.7. The summed E-state index contributed by atoms with van der Waals surface area (Å²) in [7, 11) is 0. The Morgan fingerprint density at radius 3 is 2.44 bits per heavy atom. The SMILES string of the molecule is Cc1nc(C(C)N)nn1-c1ccc(O)cc1. The Kier molecular flexibility index (Phi) is 2.62. The number of phenols is 1. The molecule has 3 N–H and O–H groups in total. The summed E-state index contributed by atoms with van der Waals surface area (Å²) < 4.78 is 1.71. The van der Waals surface area contributed by atoms with Gasteiger partial charge in [0.05, 0.1) is 11.7 Å². The molecule has 1 atom stereocenters. The van der Waals surface area contributed by atoms with Gasteiger partial charge in [-0.3, -0.25) is 0 Å². The number of rotatable bonds is 2. The highest BCUT2D eigenvalue weighted by Crippen LogP contribution is 2.15. The van der Waals surface area contributed by atoms with Crippen molar-refractivity contribution in [3.05, 3.63) is 35.9 Å². The molecule has 2 aromatic rings. The van der Waals surface area contributed by atoms with Crippen molar-refractivity contribution in [3.8, 4) is 11.4 Å². The highest BCUT2D eigenvalue weighted by Gasteiger charge is 2.10. The number of phenolic OH excluding ortho intramolecular Hbond substituents is 1. The van der Waals surface area contributed by atoms with Crippen LogP contribution in [-0.2, 0) is 0 Å². The van der Waals surface area contributed by atoms with Crippen molar-refractivity contribution in [1.29, 1.82) is 0 Å². The fourth-order valence-corrected chi connectivity index (χ4v) is 1.44. The first-order chi connectivity index (χ1) is 7.58. The van der Waals surface area contributed by atoms with E-state index >= 15 is 0 Å². The van der Waals surface area contributed by atoms with Crippen molar-refractivity contribution in [1.82, 2.24) is 14.8 Å². The third-order valence-corrected chi connectivity index (χ3v) is 2.29. The Morgan fingerprint density at radius 2 is 1.94 bits per heavy atom. The lowest BCUT2D eigenvalue weighted by atomic mass is 10.3. The fourth-order valence-electron chi connectivity index (χ4n) is 1.44. The van der Waals surface area contributed by atoms with Crippen molar-refractivity contribution >= 4 is 0 Å². The summed E-state index contributed by atoms with van der Waals surface area (Å²) in [6, 6.07) is 6.60. The molecule has 0 spiro atoms. The maximum atomic E-state index is 9.20. The van der Waals surface area contributed by atoms with Crippen molar-refractivity contribution < 1.29 is 5.11 Å². The van der Waals surface area contributed by atoms with Gasteiger partial charge in [-0.1, -0.05) is 0 Å². The van der Waals surface area contributed by atoms with E-state index in [1.165, 1.54) is 0 Å². The van der Waals surface area contributed by atoms with Crippen LogP contribution in [0.2, 0.25) is 0 Å². The van der Waals surface area contributed by atoms with Crippen LogP contribution in [0.4, 0.5) is 0 Å². The van der Waals surface area contributed by atoms with E-state index in [0.29, 0.717) is 5.82 Å². The third-order valence-electron chi connectivity index (χ3n) is 2.29. The van der Waals surface area contributed by atoms with E-state index in [1.807, 2.05) is 13.8 Å². The predicted octanol–water partition coefficient (Wildman–Crippen LogP) is 1.30. The van der Waals surface area contributed by atoms with E-state index in [9.17, 15) is 5.11 Å². The van der Waals surface area contributed by atoms with Gasteiger partial charge in [0.25, 0.3) is 0 Å². The molecule has 1 aromatic carbocycles. The van der Waals surface area contributed by atoms with Crippen LogP contribution in [0.1, 0.15) is 24.6 Å². The molecule has 16 heavy (non-hydrogen) atoms. The molecule has 0 saturated carbocycles. The van der Waals surface area contributed by atoms with Crippen LogP contribution in [0.25, 0.3) is 5.69 Å². The van der Waals surface area contributed by atoms with Crippen LogP contribution in [-0.4, -0.2) is 19.9 Å². The van der Waals surface area contributed by atoms with E-state index in [4.69, 9.17) is 5.73 Å². The second-order valence-electron chi connectivity index (χ2n) is 3.73. The Morgan fingerprint density at radius 1 is 1.31 bits per heavy atom. The Balaban J connectivity index is 2.44. The van der Waals surface area contributed by atoms with Gasteiger partial charge in [-0.2, -0.15) is 0 Å². The number of hydrogen-bond donors (Lipinski definition) is 2. The summed E-state index contributed by atoms with van der Waals surface area (Å²) in [5.41, 5.74) is 6.58. The Labute approximate surface area is 93.5 Å². The number of nitrogens with two attached hydrogens (primary N) is 1. The molecule has 1 heterocycles. The molecule has 0 amide bonds. The summed E-state index contributed by atoms with van der Waals surface area (Å²) in [5.74, 6) is 1.62. The number of aromatic nitrogens is 3. The van der Waals surface area contributed by atoms with Crippen LogP contribution in [0.5, 0.6) is 5.75 Å². The molecular formula is C11H14N4O. The summed E-state index contributed by atoms with van der Waals surface area (Å²) in [5, 5.41) is 13.5. The van der Waals surface area contributed by atoms with E-state index in [0.717, 1.165) is 11.5 Å². The quantitative estimate of drug-likeness (QED) is 0.796. The molecule has 0 aliphatic rings. The van der Waals surface area contributed by atoms with E-state index in [1.54, 1.807) is 28.9 Å². The molecule has 1 unspecified atom stereocenters. The van der Waals surface area contributed by atoms with Gasteiger partial charge < -0.3 is 10.8 Å². The lowest BCUT2D eigenvalue weighted by Gasteiger charge is -2.02. The summed E-state index contributed by atoms with van der Waals surface area (Å²) in [6.07, 6.45) is 0. The van der Waals surface area contributed by atoms with Gasteiger partial charge in [0.2, 0.25) is 0 Å². The molecule has 5 heteroatoms. The first kappa shape index (κ1) is 10.6. The maximum Gasteiger partial charge on any atom is 0.167 e. The minimum Gasteiger partial charge on any atom is -0.508 e. The molecule has 0 aliphatic carbocycles. The van der Waals surface area contributed by atoms with E-state index < -0.39 is 0 Å². The van der Waals surface area contributed by atoms with Gasteiger partial charge >= 0.3 is 0 Å². The lowest BCUT2D eigenvalue weighted by Crippen LogP contribution is -2.07. The van der Waals surface area contributed by atoms with Gasteiger partial charge in [-0.05, 0) is 38.1 Å². The van der Waals surface area contributed by atoms with Crippen LogP contribution >= 0.6 is 0 Å². The molecule has 0 bridgehead atoms. The van der Waals surface area contributed by atoms with E-state index in [-0.39, 0.29) is 11.8 Å². The second-order valence-corrected chi connectivity index (χ2v) is 3.73. The zero-order valence-corrected chi connectivity index (χ0v) is 9.25. The first-order valence-electron chi connectivity index (χ1n) is 5.06. The average molecular weight is 218 g/mol. The molecular weight excluding hydrogens is 204 g/mol. The molecule has 2 rings (SSSR count). The van der Waals surface area contributed by atoms with Crippen molar-refractivity contribution in [3.63, 3.8) is 0 Å². The number of benzene rings is 1. The number of nitrogens with zero attached hydrogens (tertiary/aromatic N) is 3. The maximum absolute atomic E-state index is 9.20. The summed E-state index contributed by atoms with van der Waals surface area (Å²) in [4.78, 5) is 4.27. The van der Waals surface area contributed by atoms with Crippen LogP contribution in [0.15, 0.2) is 24.3 Å². The molecule has 5 nitrogen and oxygen atoms in total. The first-order valence-corrected chi connectivity index (χ1v) is 5.06. The van der Waals surface area contributed by atoms with Gasteiger partial charge in [0, 0.05) is 0 Å². The Hall–Kier alpha value is -1.88. The summed E-state index contributed by atoms with van der Waals surface area (Å²) >= 11 is 0. The van der Waals surface area contributed by atoms with Crippen molar-refractivity contribution in [2.45, 2.75) is 19.9 Å². The minimum atomic E-state index is -0.183. The number of aryl methyl sites for hydroxylation is 1. The van der Waals surface area contributed by atoms with E-state index in [2.05, 4.69) is 10.1 Å². The standard InChI is InChI=1S/C11H14N4O/c1-7(12)11-13-8(2)15(14-11)9-3-5-10(16)6-4-9/h3-7,16H,12H2,1-2H3. The van der Waals surface area contributed by atoms with Gasteiger partial charge in [-0.25, -0.2) is 9.67 Å². The average Bonchev–Trinajstić information content (AvgIpc) is 2.62.